The van der Waals surface area contributed by atoms with Crippen molar-refractivity contribution in [1.82, 2.24) is 9.71 Å². The van der Waals surface area contributed by atoms with Gasteiger partial charge in [-0.15, -0.1) is 0 Å². The van der Waals surface area contributed by atoms with Crippen molar-refractivity contribution in [2.75, 3.05) is 12.8 Å². The van der Waals surface area contributed by atoms with Gasteiger partial charge in [0.2, 0.25) is 10.0 Å². The van der Waals surface area contributed by atoms with Crippen molar-refractivity contribution in [3.63, 3.8) is 0 Å². The summed E-state index contributed by atoms with van der Waals surface area (Å²) in [5.74, 6) is -0.729. The van der Waals surface area contributed by atoms with E-state index in [1.807, 2.05) is 20.8 Å². The molecule has 1 aromatic heterocycles. The summed E-state index contributed by atoms with van der Waals surface area (Å²) in [6.07, 6.45) is 0.787. The Hall–Kier alpha value is -2.49. The van der Waals surface area contributed by atoms with Gasteiger partial charge in [0.05, 0.1) is 41.3 Å². The number of aromatic nitrogens is 1. The van der Waals surface area contributed by atoms with Crippen LogP contribution in [0.1, 0.15) is 27.7 Å². The summed E-state index contributed by atoms with van der Waals surface area (Å²) in [6, 6.07) is 8.42. The zero-order chi connectivity index (χ0) is 21.8. The van der Waals surface area contributed by atoms with E-state index in [4.69, 9.17) is 15.2 Å². The van der Waals surface area contributed by atoms with Gasteiger partial charge in [0.1, 0.15) is 6.04 Å². The number of sulfonamides is 1. The Morgan fingerprint density at radius 2 is 1.76 bits per heavy atom. The number of hydrogen-bond donors (Lipinski definition) is 2. The molecule has 0 fully saturated rings. The number of hydrogen-bond acceptors (Lipinski definition) is 7. The molecule has 2 aromatic rings. The van der Waals surface area contributed by atoms with E-state index in [-0.39, 0.29) is 4.90 Å². The maximum absolute atomic E-state index is 12.8. The van der Waals surface area contributed by atoms with Gasteiger partial charge in [0.15, 0.2) is 0 Å². The van der Waals surface area contributed by atoms with Crippen molar-refractivity contribution in [2.24, 2.45) is 0 Å². The molecule has 3 N–H and O–H groups in total. The largest absolute Gasteiger partial charge is 0.468 e. The van der Waals surface area contributed by atoms with Gasteiger partial charge >= 0.3 is 5.97 Å². The summed E-state index contributed by atoms with van der Waals surface area (Å²) in [5, 5.41) is 0. The van der Waals surface area contributed by atoms with Gasteiger partial charge in [0, 0.05) is 5.56 Å². The van der Waals surface area contributed by atoms with Gasteiger partial charge in [-0.1, -0.05) is 12.1 Å². The van der Waals surface area contributed by atoms with Gasteiger partial charge in [0.25, 0.3) is 0 Å². The van der Waals surface area contributed by atoms with E-state index in [1.54, 1.807) is 31.2 Å². The molecule has 0 saturated carbocycles. The number of rotatable bonds is 7. The van der Waals surface area contributed by atoms with Gasteiger partial charge in [-0.05, 0) is 52.0 Å². The Kier molecular flexibility index (Phi) is 6.99. The number of nitrogen functional groups attached to an aromatic ring is 1. The fraction of sp³-hybridized carbons (Fsp3) is 0.400. The molecule has 0 aliphatic heterocycles. The second-order valence-corrected chi connectivity index (χ2v) is 9.27. The maximum atomic E-state index is 12.8. The molecule has 29 heavy (non-hydrogen) atoms. The van der Waals surface area contributed by atoms with E-state index < -0.39 is 33.7 Å². The normalized spacial score (nSPS) is 14.2. The van der Waals surface area contributed by atoms with Crippen LogP contribution in [0.15, 0.2) is 47.5 Å². The number of nitrogens with zero attached hydrogens (tertiary/aromatic N) is 1. The van der Waals surface area contributed by atoms with Crippen LogP contribution in [0, 0.1) is 0 Å². The maximum Gasteiger partial charge on any atom is 0.326 e. The van der Waals surface area contributed by atoms with Crippen LogP contribution in [0.25, 0.3) is 11.3 Å². The average Bonchev–Trinajstić information content (AvgIpc) is 2.65. The summed E-state index contributed by atoms with van der Waals surface area (Å²) in [7, 11) is -2.80. The van der Waals surface area contributed by atoms with Crippen molar-refractivity contribution in [1.29, 1.82) is 0 Å². The van der Waals surface area contributed by atoms with E-state index in [1.165, 1.54) is 25.4 Å². The topological polar surface area (TPSA) is 121 Å². The first-order chi connectivity index (χ1) is 13.4. The summed E-state index contributed by atoms with van der Waals surface area (Å²) < 4.78 is 38.5. The molecule has 0 aliphatic rings. The monoisotopic (exact) mass is 421 g/mol. The second-order valence-electron chi connectivity index (χ2n) is 7.56. The number of nitrogens with two attached hydrogens (primary N) is 1. The Bertz CT molecular complexity index is 936. The highest BCUT2D eigenvalue weighted by Gasteiger charge is 2.34. The highest BCUT2D eigenvalue weighted by Crippen LogP contribution is 2.21. The fourth-order valence-corrected chi connectivity index (χ4v) is 3.96. The summed E-state index contributed by atoms with van der Waals surface area (Å²) in [6.45, 7) is 7.06. The minimum atomic E-state index is -3.99. The van der Waals surface area contributed by atoms with Gasteiger partial charge in [-0.25, -0.2) is 8.42 Å². The number of carbonyl (C=O) groups excluding carboxylic acids is 1. The first kappa shape index (κ1) is 22.8. The number of carbonyl (C=O) groups is 1. The molecule has 2 rings (SSSR count). The Labute approximate surface area is 171 Å². The van der Waals surface area contributed by atoms with E-state index in [9.17, 15) is 13.2 Å². The van der Waals surface area contributed by atoms with Crippen LogP contribution >= 0.6 is 0 Å². The van der Waals surface area contributed by atoms with E-state index in [0.717, 1.165) is 5.56 Å². The summed E-state index contributed by atoms with van der Waals surface area (Å²) in [4.78, 5) is 16.4. The smallest absolute Gasteiger partial charge is 0.326 e. The third-order valence-corrected chi connectivity index (χ3v) is 5.45. The minimum Gasteiger partial charge on any atom is -0.468 e. The molecule has 0 aliphatic carbocycles. The van der Waals surface area contributed by atoms with Gasteiger partial charge in [-0.2, -0.15) is 4.72 Å². The Morgan fingerprint density at radius 3 is 2.24 bits per heavy atom. The predicted octanol–water partition coefficient (Wildman–Crippen LogP) is 2.35. The molecule has 0 saturated heterocycles. The number of benzene rings is 1. The molecule has 1 aromatic carbocycles. The average molecular weight is 422 g/mol. The molecular formula is C20H27N3O5S. The molecule has 0 bridgehead atoms. The molecule has 0 spiro atoms. The Morgan fingerprint density at radius 1 is 1.14 bits per heavy atom. The third-order valence-electron chi connectivity index (χ3n) is 3.99. The van der Waals surface area contributed by atoms with Crippen molar-refractivity contribution in [3.8, 4) is 11.3 Å². The number of nitrogens with one attached hydrogen (secondary N) is 1. The highest BCUT2D eigenvalue weighted by atomic mass is 32.2. The zero-order valence-corrected chi connectivity index (χ0v) is 18.0. The summed E-state index contributed by atoms with van der Waals surface area (Å²) in [5.41, 5.74) is 7.00. The Balaban J connectivity index is 2.25. The van der Waals surface area contributed by atoms with Crippen molar-refractivity contribution in [2.45, 2.75) is 50.3 Å². The standard InChI is InChI=1S/C20H27N3O5S/c1-13(28-20(2,3)4)18(19(24)27-5)23-29(25,26)16-9-6-14(7-10-16)17-11-8-15(21)12-22-17/h6-13,18,23H,21H2,1-5H3. The molecule has 2 atom stereocenters. The molecule has 158 valence electrons. The molecule has 8 nitrogen and oxygen atoms in total. The van der Waals surface area contributed by atoms with Crippen molar-refractivity contribution in [3.05, 3.63) is 42.6 Å². The van der Waals surface area contributed by atoms with Crippen LogP contribution in [-0.4, -0.2) is 44.2 Å². The first-order valence-electron chi connectivity index (χ1n) is 9.03. The quantitative estimate of drug-likeness (QED) is 0.658. The van der Waals surface area contributed by atoms with Crippen LogP contribution in [0.4, 0.5) is 5.69 Å². The highest BCUT2D eigenvalue weighted by molar-refractivity contribution is 7.89. The number of pyridine rings is 1. The van der Waals surface area contributed by atoms with E-state index in [0.29, 0.717) is 11.4 Å². The van der Waals surface area contributed by atoms with Crippen LogP contribution in [0.3, 0.4) is 0 Å². The molecular weight excluding hydrogens is 394 g/mol. The number of esters is 1. The summed E-state index contributed by atoms with van der Waals surface area (Å²) >= 11 is 0. The van der Waals surface area contributed by atoms with E-state index >= 15 is 0 Å². The first-order valence-corrected chi connectivity index (χ1v) is 10.5. The predicted molar refractivity (Wildman–Crippen MR) is 111 cm³/mol. The zero-order valence-electron chi connectivity index (χ0n) is 17.2. The van der Waals surface area contributed by atoms with Crippen LogP contribution in [-0.2, 0) is 24.3 Å². The number of anilines is 1. The van der Waals surface area contributed by atoms with Gasteiger partial charge < -0.3 is 15.2 Å². The van der Waals surface area contributed by atoms with Crippen LogP contribution < -0.4 is 10.5 Å². The fourth-order valence-electron chi connectivity index (χ4n) is 2.70. The van der Waals surface area contributed by atoms with Crippen molar-refractivity contribution < 1.29 is 22.7 Å². The van der Waals surface area contributed by atoms with Crippen molar-refractivity contribution >= 4 is 21.7 Å². The minimum absolute atomic E-state index is 0.00792. The number of ether oxygens (including phenoxy) is 2. The lowest BCUT2D eigenvalue weighted by Crippen LogP contribution is -2.50. The molecule has 2 unspecified atom stereocenters. The molecule has 0 radical (unpaired) electrons. The lowest BCUT2D eigenvalue weighted by atomic mass is 10.1. The van der Waals surface area contributed by atoms with Crippen LogP contribution in [0.2, 0.25) is 0 Å². The molecule has 9 heteroatoms. The van der Waals surface area contributed by atoms with Crippen LogP contribution in [0.5, 0.6) is 0 Å². The molecule has 1 heterocycles. The lowest BCUT2D eigenvalue weighted by Gasteiger charge is -2.29. The molecule has 0 amide bonds. The number of methoxy groups -OCH3 is 1. The van der Waals surface area contributed by atoms with E-state index in [2.05, 4.69) is 9.71 Å². The lowest BCUT2D eigenvalue weighted by molar-refractivity contribution is -0.149. The third kappa shape index (κ3) is 6.25. The SMILES string of the molecule is COC(=O)C(NS(=O)(=O)c1ccc(-c2ccc(N)cn2)cc1)C(C)OC(C)(C)C. The van der Waals surface area contributed by atoms with Gasteiger partial charge in [-0.3, -0.25) is 9.78 Å². The second kappa shape index (κ2) is 8.89.